The van der Waals surface area contributed by atoms with E-state index in [2.05, 4.69) is 15.2 Å². The molecule has 1 aromatic carbocycles. The van der Waals surface area contributed by atoms with Gasteiger partial charge in [-0.3, -0.25) is 9.48 Å². The first-order chi connectivity index (χ1) is 10.9. The third-order valence-corrected chi connectivity index (χ3v) is 3.29. The fourth-order valence-electron chi connectivity index (χ4n) is 2.05. The molecule has 1 N–H and O–H groups in total. The van der Waals surface area contributed by atoms with Crippen molar-refractivity contribution in [2.24, 2.45) is 7.05 Å². The number of halogens is 2. The Balaban J connectivity index is 2.00. The number of amides is 1. The largest absolute Gasteiger partial charge is 0.435 e. The van der Waals surface area contributed by atoms with E-state index in [9.17, 15) is 13.6 Å². The monoisotopic (exact) mass is 321 g/mol. The van der Waals surface area contributed by atoms with Crippen LogP contribution >= 0.6 is 0 Å². The Bertz CT molecular complexity index is 722. The molecular weight excluding hydrogens is 304 g/mol. The van der Waals surface area contributed by atoms with Crippen LogP contribution in [0, 0.1) is 13.8 Å². The number of aryl methyl sites for hydroxylation is 2. The van der Waals surface area contributed by atoms with Gasteiger partial charge in [0.05, 0.1) is 17.1 Å². The summed E-state index contributed by atoms with van der Waals surface area (Å²) >= 11 is 0. The molecule has 7 heteroatoms. The van der Waals surface area contributed by atoms with Gasteiger partial charge in [0.1, 0.15) is 5.75 Å². The molecule has 122 valence electrons. The zero-order valence-corrected chi connectivity index (χ0v) is 13.0. The van der Waals surface area contributed by atoms with Crippen molar-refractivity contribution < 1.29 is 18.3 Å². The minimum absolute atomic E-state index is 0.0724. The third kappa shape index (κ3) is 4.38. The molecule has 0 aliphatic carbocycles. The maximum atomic E-state index is 12.1. The van der Waals surface area contributed by atoms with Gasteiger partial charge in [-0.05, 0) is 37.6 Å². The first kappa shape index (κ1) is 16.7. The fourth-order valence-corrected chi connectivity index (χ4v) is 2.05. The topological polar surface area (TPSA) is 56.2 Å². The zero-order valence-electron chi connectivity index (χ0n) is 13.0. The second kappa shape index (κ2) is 7.04. The van der Waals surface area contributed by atoms with Gasteiger partial charge in [0.25, 0.3) is 0 Å². The number of alkyl halides is 2. The molecule has 0 fully saturated rings. The quantitative estimate of drug-likeness (QED) is 0.860. The summed E-state index contributed by atoms with van der Waals surface area (Å²) < 4.78 is 30.1. The summed E-state index contributed by atoms with van der Waals surface area (Å²) in [5.41, 5.74) is 2.97. The normalized spacial score (nSPS) is 11.2. The van der Waals surface area contributed by atoms with Crippen LogP contribution in [-0.4, -0.2) is 22.3 Å². The molecule has 0 unspecified atom stereocenters. The molecule has 0 aliphatic heterocycles. The summed E-state index contributed by atoms with van der Waals surface area (Å²) in [5, 5.41) is 6.99. The smallest absolute Gasteiger partial charge is 0.387 e. The number of nitrogens with zero attached hydrogens (tertiary/aromatic N) is 2. The lowest BCUT2D eigenvalue weighted by molar-refractivity contribution is -0.111. The molecule has 0 aliphatic rings. The van der Waals surface area contributed by atoms with E-state index in [1.807, 2.05) is 13.8 Å². The van der Waals surface area contributed by atoms with E-state index >= 15 is 0 Å². The average molecular weight is 321 g/mol. The van der Waals surface area contributed by atoms with E-state index in [0.29, 0.717) is 11.3 Å². The molecule has 1 heterocycles. The predicted molar refractivity (Wildman–Crippen MR) is 83.4 cm³/mol. The van der Waals surface area contributed by atoms with Crippen LogP contribution in [0.1, 0.15) is 17.0 Å². The Labute approximate surface area is 132 Å². The SMILES string of the molecule is Cc1nn(C)c(C)c1NC(=O)/C=C\c1ccc(OC(F)F)cc1. The maximum Gasteiger partial charge on any atom is 0.387 e. The average Bonchev–Trinajstić information content (AvgIpc) is 2.72. The number of benzene rings is 1. The predicted octanol–water partition coefficient (Wildman–Crippen LogP) is 3.29. The van der Waals surface area contributed by atoms with E-state index in [-0.39, 0.29) is 11.7 Å². The van der Waals surface area contributed by atoms with Crippen LogP contribution in [0.5, 0.6) is 5.75 Å². The van der Waals surface area contributed by atoms with Gasteiger partial charge in [-0.2, -0.15) is 13.9 Å². The molecule has 0 radical (unpaired) electrons. The Kier molecular flexibility index (Phi) is 5.10. The zero-order chi connectivity index (χ0) is 17.0. The molecule has 2 rings (SSSR count). The van der Waals surface area contributed by atoms with Crippen LogP contribution in [0.15, 0.2) is 30.3 Å². The van der Waals surface area contributed by atoms with Gasteiger partial charge in [0.15, 0.2) is 0 Å². The number of aromatic nitrogens is 2. The number of hydrogen-bond acceptors (Lipinski definition) is 3. The van der Waals surface area contributed by atoms with E-state index in [4.69, 9.17) is 0 Å². The lowest BCUT2D eigenvalue weighted by Gasteiger charge is -2.04. The second-order valence-corrected chi connectivity index (χ2v) is 4.94. The Morgan fingerprint density at radius 3 is 2.48 bits per heavy atom. The van der Waals surface area contributed by atoms with Crippen molar-refractivity contribution in [1.29, 1.82) is 0 Å². The highest BCUT2D eigenvalue weighted by atomic mass is 19.3. The molecule has 0 bridgehead atoms. The van der Waals surface area contributed by atoms with Crippen LogP contribution in [0.4, 0.5) is 14.5 Å². The van der Waals surface area contributed by atoms with Crippen molar-refractivity contribution in [3.8, 4) is 5.75 Å². The molecule has 5 nitrogen and oxygen atoms in total. The molecule has 0 saturated carbocycles. The Hall–Kier alpha value is -2.70. The number of anilines is 1. The van der Waals surface area contributed by atoms with Gasteiger partial charge < -0.3 is 10.1 Å². The van der Waals surface area contributed by atoms with Gasteiger partial charge in [-0.25, -0.2) is 0 Å². The molecule has 0 saturated heterocycles. The summed E-state index contributed by atoms with van der Waals surface area (Å²) in [4.78, 5) is 12.0. The summed E-state index contributed by atoms with van der Waals surface area (Å²) in [6.45, 7) is 0.822. The van der Waals surface area contributed by atoms with Crippen LogP contribution in [0.2, 0.25) is 0 Å². The maximum absolute atomic E-state index is 12.1. The van der Waals surface area contributed by atoms with Crippen molar-refractivity contribution in [1.82, 2.24) is 9.78 Å². The summed E-state index contributed by atoms with van der Waals surface area (Å²) in [6.07, 6.45) is 2.96. The molecular formula is C16H17F2N3O2. The van der Waals surface area contributed by atoms with Crippen LogP contribution in [0.25, 0.3) is 6.08 Å². The van der Waals surface area contributed by atoms with Crippen LogP contribution in [0.3, 0.4) is 0 Å². The number of hydrogen-bond donors (Lipinski definition) is 1. The standard InChI is InChI=1S/C16H17F2N3O2/c1-10-15(11(2)21(3)20-10)19-14(22)9-6-12-4-7-13(8-5-12)23-16(17)18/h4-9,16H,1-3H3,(H,19,22)/b9-6-. The van der Waals surface area contributed by atoms with Gasteiger partial charge in [0.2, 0.25) is 5.91 Å². The first-order valence-corrected chi connectivity index (χ1v) is 6.91. The summed E-state index contributed by atoms with van der Waals surface area (Å²) in [5.74, 6) is -0.222. The Morgan fingerprint density at radius 1 is 1.30 bits per heavy atom. The van der Waals surface area contributed by atoms with Gasteiger partial charge in [-0.15, -0.1) is 0 Å². The minimum Gasteiger partial charge on any atom is -0.435 e. The van der Waals surface area contributed by atoms with Crippen molar-refractivity contribution >= 4 is 17.7 Å². The van der Waals surface area contributed by atoms with Crippen molar-refractivity contribution in [2.45, 2.75) is 20.5 Å². The number of ether oxygens (including phenoxy) is 1. The highest BCUT2D eigenvalue weighted by Gasteiger charge is 2.10. The fraction of sp³-hybridized carbons (Fsp3) is 0.250. The molecule has 1 aromatic heterocycles. The highest BCUT2D eigenvalue weighted by molar-refractivity contribution is 6.02. The van der Waals surface area contributed by atoms with E-state index < -0.39 is 6.61 Å². The van der Waals surface area contributed by atoms with E-state index in [0.717, 1.165) is 11.4 Å². The van der Waals surface area contributed by atoms with Gasteiger partial charge in [-0.1, -0.05) is 12.1 Å². The number of rotatable bonds is 5. The van der Waals surface area contributed by atoms with Gasteiger partial charge >= 0.3 is 6.61 Å². The summed E-state index contributed by atoms with van der Waals surface area (Å²) in [6, 6.07) is 6.00. The van der Waals surface area contributed by atoms with Crippen molar-refractivity contribution in [3.05, 3.63) is 47.3 Å². The highest BCUT2D eigenvalue weighted by Crippen LogP contribution is 2.19. The second-order valence-electron chi connectivity index (χ2n) is 4.94. The van der Waals surface area contributed by atoms with Crippen LogP contribution < -0.4 is 10.1 Å². The lowest BCUT2D eigenvalue weighted by Crippen LogP contribution is -2.09. The molecule has 23 heavy (non-hydrogen) atoms. The van der Waals surface area contributed by atoms with E-state index in [1.165, 1.54) is 18.2 Å². The molecule has 0 spiro atoms. The third-order valence-electron chi connectivity index (χ3n) is 3.29. The van der Waals surface area contributed by atoms with E-state index in [1.54, 1.807) is 29.9 Å². The first-order valence-electron chi connectivity index (χ1n) is 6.91. The molecule has 0 atom stereocenters. The lowest BCUT2D eigenvalue weighted by atomic mass is 10.2. The minimum atomic E-state index is -2.85. The number of nitrogens with one attached hydrogen (secondary N) is 1. The number of carbonyl (C=O) groups excluding carboxylic acids is 1. The van der Waals surface area contributed by atoms with Gasteiger partial charge in [0, 0.05) is 13.1 Å². The van der Waals surface area contributed by atoms with Crippen molar-refractivity contribution in [3.63, 3.8) is 0 Å². The number of carbonyl (C=O) groups is 1. The molecule has 1 amide bonds. The summed E-state index contributed by atoms with van der Waals surface area (Å²) in [7, 11) is 1.80. The van der Waals surface area contributed by atoms with Crippen molar-refractivity contribution in [2.75, 3.05) is 5.32 Å². The molecule has 2 aromatic rings. The Morgan fingerprint density at radius 2 is 1.96 bits per heavy atom. The van der Waals surface area contributed by atoms with Crippen LogP contribution in [-0.2, 0) is 11.8 Å².